The summed E-state index contributed by atoms with van der Waals surface area (Å²) in [7, 11) is 0. The summed E-state index contributed by atoms with van der Waals surface area (Å²) in [6.07, 6.45) is 8.62. The van der Waals surface area contributed by atoms with Gasteiger partial charge in [-0.05, 0) is 67.6 Å². The van der Waals surface area contributed by atoms with Gasteiger partial charge in [0.15, 0.2) is 0 Å². The van der Waals surface area contributed by atoms with Crippen LogP contribution in [0.15, 0.2) is 0 Å². The summed E-state index contributed by atoms with van der Waals surface area (Å²) in [6, 6.07) is 0. The minimum atomic E-state index is 0.679. The van der Waals surface area contributed by atoms with Crippen molar-refractivity contribution in [1.82, 2.24) is 0 Å². The minimum Gasteiger partial charge on any atom is -0.370 e. The van der Waals surface area contributed by atoms with Crippen LogP contribution in [-0.4, -0.2) is 17.5 Å². The van der Waals surface area contributed by atoms with Crippen molar-refractivity contribution in [2.75, 3.05) is 0 Å². The molecule has 9 atom stereocenters. The van der Waals surface area contributed by atoms with E-state index in [2.05, 4.69) is 0 Å². The molecule has 0 aromatic carbocycles. The summed E-state index contributed by atoms with van der Waals surface area (Å²) in [4.78, 5) is 0. The average molecular weight is 236 g/mol. The summed E-state index contributed by atoms with van der Waals surface area (Å²) in [5.74, 6) is 6.24. The van der Waals surface area contributed by atoms with Gasteiger partial charge in [-0.15, -0.1) is 0 Å². The zero-order valence-corrected chi connectivity index (χ0v) is 10.5. The second-order valence-electron chi connectivity index (χ2n) is 6.96. The lowest BCUT2D eigenvalue weighted by Gasteiger charge is -2.40. The van der Waals surface area contributed by atoms with Crippen molar-refractivity contribution < 1.29 is 4.74 Å². The molecule has 4 aliphatic carbocycles. The van der Waals surface area contributed by atoms with Crippen molar-refractivity contribution in [3.8, 4) is 0 Å². The largest absolute Gasteiger partial charge is 0.370 e. The fraction of sp³-hybridized carbons (Fsp3) is 1.00. The van der Waals surface area contributed by atoms with Crippen molar-refractivity contribution in [3.63, 3.8) is 0 Å². The zero-order valence-electron chi connectivity index (χ0n) is 9.59. The number of hydrogen-bond donors (Lipinski definition) is 1. The Bertz CT molecular complexity index is 342. The molecule has 0 amide bonds. The Balaban J connectivity index is 1.51. The van der Waals surface area contributed by atoms with Gasteiger partial charge in [0.2, 0.25) is 0 Å². The van der Waals surface area contributed by atoms with Crippen LogP contribution in [0.5, 0.6) is 0 Å². The maximum atomic E-state index is 5.77. The normalized spacial score (nSPS) is 69.9. The molecular formula is C14H20OS. The van der Waals surface area contributed by atoms with Crippen LogP contribution in [0.1, 0.15) is 32.1 Å². The molecule has 16 heavy (non-hydrogen) atoms. The lowest BCUT2D eigenvalue weighted by atomic mass is 9.64. The molecule has 1 saturated heterocycles. The van der Waals surface area contributed by atoms with E-state index in [-0.39, 0.29) is 0 Å². The van der Waals surface area contributed by atoms with Gasteiger partial charge in [-0.3, -0.25) is 0 Å². The van der Waals surface area contributed by atoms with Crippen LogP contribution in [0.4, 0.5) is 0 Å². The smallest absolute Gasteiger partial charge is 0.0844 e. The summed E-state index contributed by atoms with van der Waals surface area (Å²) in [5.41, 5.74) is 0. The van der Waals surface area contributed by atoms with Crippen molar-refractivity contribution >= 4 is 12.6 Å². The third-order valence-corrected chi connectivity index (χ3v) is 7.27. The molecule has 0 radical (unpaired) electrons. The number of rotatable bonds is 0. The first-order valence-electron chi connectivity index (χ1n) is 7.16. The maximum Gasteiger partial charge on any atom is 0.0844 e. The van der Waals surface area contributed by atoms with Crippen molar-refractivity contribution in [3.05, 3.63) is 0 Å². The summed E-state index contributed by atoms with van der Waals surface area (Å²) >= 11 is 4.86. The topological polar surface area (TPSA) is 12.5 Å². The van der Waals surface area contributed by atoms with E-state index < -0.39 is 0 Å². The van der Waals surface area contributed by atoms with Crippen molar-refractivity contribution in [1.29, 1.82) is 0 Å². The van der Waals surface area contributed by atoms with Gasteiger partial charge in [0.05, 0.1) is 12.2 Å². The lowest BCUT2D eigenvalue weighted by Crippen LogP contribution is -2.38. The molecule has 5 aliphatic rings. The number of epoxide rings is 1. The molecule has 1 heterocycles. The molecular weight excluding hydrogens is 216 g/mol. The van der Waals surface area contributed by atoms with E-state index in [0.29, 0.717) is 12.2 Å². The SMILES string of the molecule is SC1CCC2C3CC(C4CC5OC5CC34)C12. The quantitative estimate of drug-likeness (QED) is 0.504. The Morgan fingerprint density at radius 2 is 1.44 bits per heavy atom. The molecule has 0 N–H and O–H groups in total. The molecule has 5 rings (SSSR count). The molecule has 4 saturated carbocycles. The number of ether oxygens (including phenoxy) is 1. The molecule has 1 aliphatic heterocycles. The highest BCUT2D eigenvalue weighted by molar-refractivity contribution is 7.81. The molecule has 5 fully saturated rings. The van der Waals surface area contributed by atoms with E-state index in [9.17, 15) is 0 Å². The Kier molecular flexibility index (Phi) is 1.64. The van der Waals surface area contributed by atoms with E-state index in [1.807, 2.05) is 0 Å². The fourth-order valence-corrected chi connectivity index (χ4v) is 6.79. The summed E-state index contributed by atoms with van der Waals surface area (Å²) < 4.78 is 5.77. The van der Waals surface area contributed by atoms with E-state index >= 15 is 0 Å². The number of fused-ring (bicyclic) bond motifs is 9. The van der Waals surface area contributed by atoms with Crippen LogP contribution in [0.25, 0.3) is 0 Å². The monoisotopic (exact) mass is 236 g/mol. The van der Waals surface area contributed by atoms with Gasteiger partial charge >= 0.3 is 0 Å². The average Bonchev–Trinajstić information content (AvgIpc) is 2.64. The van der Waals surface area contributed by atoms with Crippen LogP contribution in [0.3, 0.4) is 0 Å². The van der Waals surface area contributed by atoms with Crippen LogP contribution in [0, 0.1) is 35.5 Å². The molecule has 88 valence electrons. The van der Waals surface area contributed by atoms with Gasteiger partial charge in [-0.2, -0.15) is 12.6 Å². The Morgan fingerprint density at radius 3 is 2.25 bits per heavy atom. The molecule has 0 aromatic heterocycles. The first-order valence-corrected chi connectivity index (χ1v) is 7.68. The zero-order chi connectivity index (χ0) is 10.4. The van der Waals surface area contributed by atoms with Crippen LogP contribution in [0.2, 0.25) is 0 Å². The Morgan fingerprint density at radius 1 is 0.750 bits per heavy atom. The van der Waals surface area contributed by atoms with E-state index in [1.54, 1.807) is 6.42 Å². The minimum absolute atomic E-state index is 0.679. The second kappa shape index (κ2) is 2.83. The Labute approximate surface area is 103 Å². The third-order valence-electron chi connectivity index (χ3n) is 6.67. The highest BCUT2D eigenvalue weighted by Gasteiger charge is 2.64. The van der Waals surface area contributed by atoms with Gasteiger partial charge in [0.1, 0.15) is 0 Å². The molecule has 0 aromatic rings. The van der Waals surface area contributed by atoms with Gasteiger partial charge in [0, 0.05) is 5.25 Å². The number of hydrogen-bond acceptors (Lipinski definition) is 2. The molecule has 2 heteroatoms. The van der Waals surface area contributed by atoms with E-state index in [4.69, 9.17) is 17.4 Å². The predicted molar refractivity (Wildman–Crippen MR) is 65.5 cm³/mol. The van der Waals surface area contributed by atoms with Gasteiger partial charge in [0.25, 0.3) is 0 Å². The van der Waals surface area contributed by atoms with Crippen LogP contribution >= 0.6 is 12.6 Å². The van der Waals surface area contributed by atoms with Crippen molar-refractivity contribution in [2.24, 2.45) is 35.5 Å². The van der Waals surface area contributed by atoms with Crippen molar-refractivity contribution in [2.45, 2.75) is 49.6 Å². The first kappa shape index (κ1) is 9.27. The predicted octanol–water partition coefficient (Wildman–Crippen LogP) is 2.75. The highest BCUT2D eigenvalue weighted by Crippen LogP contribution is 2.68. The molecule has 0 spiro atoms. The highest BCUT2D eigenvalue weighted by atomic mass is 32.1. The Hall–Kier alpha value is 0.310. The maximum absolute atomic E-state index is 5.77. The van der Waals surface area contributed by atoms with E-state index in [1.165, 1.54) is 25.7 Å². The number of thiol groups is 1. The molecule has 1 nitrogen and oxygen atoms in total. The summed E-state index contributed by atoms with van der Waals surface area (Å²) in [5, 5.41) is 0.735. The van der Waals surface area contributed by atoms with Crippen LogP contribution in [-0.2, 0) is 4.74 Å². The lowest BCUT2D eigenvalue weighted by molar-refractivity contribution is 0.0928. The third kappa shape index (κ3) is 0.963. The van der Waals surface area contributed by atoms with Gasteiger partial charge in [-0.1, -0.05) is 0 Å². The van der Waals surface area contributed by atoms with Crippen LogP contribution < -0.4 is 0 Å². The first-order chi connectivity index (χ1) is 7.83. The van der Waals surface area contributed by atoms with E-state index in [0.717, 1.165) is 40.8 Å². The molecule has 2 bridgehead atoms. The molecule has 9 unspecified atom stereocenters. The fourth-order valence-electron chi connectivity index (χ4n) is 6.20. The summed E-state index contributed by atoms with van der Waals surface area (Å²) in [6.45, 7) is 0. The van der Waals surface area contributed by atoms with Gasteiger partial charge in [-0.25, -0.2) is 0 Å². The standard InChI is InChI=1S/C14H20OS/c16-13-2-1-6-7-3-10(14(6)13)9-5-12-11(15-12)4-8(7)9/h6-14,16H,1-5H2. The van der Waals surface area contributed by atoms with Gasteiger partial charge < -0.3 is 4.74 Å². The second-order valence-corrected chi connectivity index (χ2v) is 7.62.